The zero-order chi connectivity index (χ0) is 14.0. The average Bonchev–Trinajstić information content (AvgIpc) is 2.35. The molecule has 0 saturated carbocycles. The van der Waals surface area contributed by atoms with Crippen molar-refractivity contribution in [3.05, 3.63) is 50.6 Å². The van der Waals surface area contributed by atoms with E-state index in [-0.39, 0.29) is 0 Å². The minimum atomic E-state index is 0.298. The van der Waals surface area contributed by atoms with Crippen LogP contribution in [0.5, 0.6) is 0 Å². The van der Waals surface area contributed by atoms with Gasteiger partial charge in [0.05, 0.1) is 11.6 Å². The third-order valence-corrected chi connectivity index (χ3v) is 4.08. The van der Waals surface area contributed by atoms with Crippen LogP contribution < -0.4 is 5.32 Å². The van der Waals surface area contributed by atoms with Gasteiger partial charge in [-0.3, -0.25) is 0 Å². The molecule has 1 N–H and O–H groups in total. The SMILES string of the molecule is Cc1cc(Nc2cc(C#N)cc(Cl)n2)cc(C)c1Br. The van der Waals surface area contributed by atoms with Gasteiger partial charge >= 0.3 is 0 Å². The third kappa shape index (κ3) is 3.25. The normalized spacial score (nSPS) is 10.1. The molecule has 3 nitrogen and oxygen atoms in total. The van der Waals surface area contributed by atoms with Crippen LogP contribution in [0.4, 0.5) is 11.5 Å². The van der Waals surface area contributed by atoms with Gasteiger partial charge in [-0.2, -0.15) is 5.26 Å². The Morgan fingerprint density at radius 2 is 1.84 bits per heavy atom. The highest BCUT2D eigenvalue weighted by molar-refractivity contribution is 9.10. The lowest BCUT2D eigenvalue weighted by Crippen LogP contribution is -1.96. The topological polar surface area (TPSA) is 48.7 Å². The maximum Gasteiger partial charge on any atom is 0.133 e. The number of nitriles is 1. The van der Waals surface area contributed by atoms with E-state index in [0.717, 1.165) is 21.3 Å². The van der Waals surface area contributed by atoms with Crippen LogP contribution in [-0.4, -0.2) is 4.98 Å². The fourth-order valence-corrected chi connectivity index (χ4v) is 2.23. The Kier molecular flexibility index (Phi) is 4.08. The number of nitrogens with one attached hydrogen (secondary N) is 1. The summed E-state index contributed by atoms with van der Waals surface area (Å²) in [4.78, 5) is 4.15. The number of aromatic nitrogens is 1. The third-order valence-electron chi connectivity index (χ3n) is 2.63. The molecule has 0 unspecified atom stereocenters. The molecule has 2 rings (SSSR count). The van der Waals surface area contributed by atoms with Gasteiger partial charge in [-0.15, -0.1) is 0 Å². The molecule has 2 aromatic rings. The Hall–Kier alpha value is -1.57. The van der Waals surface area contributed by atoms with Crippen LogP contribution >= 0.6 is 27.5 Å². The molecule has 0 spiro atoms. The van der Waals surface area contributed by atoms with Crippen molar-refractivity contribution in [1.29, 1.82) is 5.26 Å². The molecule has 5 heteroatoms. The Morgan fingerprint density at radius 1 is 1.21 bits per heavy atom. The molecule has 19 heavy (non-hydrogen) atoms. The second-order valence-corrected chi connectivity index (χ2v) is 5.40. The highest BCUT2D eigenvalue weighted by Crippen LogP contribution is 2.27. The molecule has 1 aromatic carbocycles. The van der Waals surface area contributed by atoms with Crippen LogP contribution in [0.3, 0.4) is 0 Å². The van der Waals surface area contributed by atoms with Gasteiger partial charge in [-0.1, -0.05) is 27.5 Å². The van der Waals surface area contributed by atoms with Gasteiger partial charge in [0.2, 0.25) is 0 Å². The Bertz CT molecular complexity index is 654. The number of hydrogen-bond donors (Lipinski definition) is 1. The first-order chi connectivity index (χ1) is 8.99. The van der Waals surface area contributed by atoms with Crippen molar-refractivity contribution >= 4 is 39.0 Å². The largest absolute Gasteiger partial charge is 0.340 e. The van der Waals surface area contributed by atoms with Crippen molar-refractivity contribution in [2.45, 2.75) is 13.8 Å². The summed E-state index contributed by atoms with van der Waals surface area (Å²) >= 11 is 9.40. The Labute approximate surface area is 125 Å². The first-order valence-corrected chi connectivity index (χ1v) is 6.78. The standard InChI is InChI=1S/C14H11BrClN3/c1-8-3-11(4-9(2)14(8)15)18-13-6-10(7-17)5-12(16)19-13/h3-6H,1-2H3,(H,18,19). The zero-order valence-corrected chi connectivity index (χ0v) is 12.8. The van der Waals surface area contributed by atoms with Crippen LogP contribution in [0, 0.1) is 25.2 Å². The lowest BCUT2D eigenvalue weighted by molar-refractivity contribution is 1.28. The number of anilines is 2. The van der Waals surface area contributed by atoms with Gasteiger partial charge in [-0.25, -0.2) is 4.98 Å². The van der Waals surface area contributed by atoms with Crippen LogP contribution in [0.1, 0.15) is 16.7 Å². The molecule has 1 heterocycles. The van der Waals surface area contributed by atoms with Gasteiger partial charge in [0.25, 0.3) is 0 Å². The molecule has 0 aliphatic rings. The van der Waals surface area contributed by atoms with Crippen LogP contribution in [-0.2, 0) is 0 Å². The first kappa shape index (κ1) is 13.9. The monoisotopic (exact) mass is 335 g/mol. The van der Waals surface area contributed by atoms with Crippen LogP contribution in [0.2, 0.25) is 5.15 Å². The van der Waals surface area contributed by atoms with Crippen molar-refractivity contribution in [1.82, 2.24) is 4.98 Å². The van der Waals surface area contributed by atoms with E-state index in [4.69, 9.17) is 16.9 Å². The fraction of sp³-hybridized carbons (Fsp3) is 0.143. The van der Waals surface area contributed by atoms with Crippen molar-refractivity contribution < 1.29 is 0 Å². The highest BCUT2D eigenvalue weighted by atomic mass is 79.9. The Balaban J connectivity index is 2.36. The molecule has 96 valence electrons. The summed E-state index contributed by atoms with van der Waals surface area (Å²) in [5, 5.41) is 12.4. The van der Waals surface area contributed by atoms with Crippen molar-refractivity contribution in [2.24, 2.45) is 0 Å². The lowest BCUT2D eigenvalue weighted by Gasteiger charge is -2.10. The maximum atomic E-state index is 8.91. The molecular weight excluding hydrogens is 326 g/mol. The molecule has 0 atom stereocenters. The quantitative estimate of drug-likeness (QED) is 0.807. The van der Waals surface area contributed by atoms with Crippen LogP contribution in [0.25, 0.3) is 0 Å². The highest BCUT2D eigenvalue weighted by Gasteiger charge is 2.05. The average molecular weight is 337 g/mol. The minimum Gasteiger partial charge on any atom is -0.340 e. The first-order valence-electron chi connectivity index (χ1n) is 5.61. The fourth-order valence-electron chi connectivity index (χ4n) is 1.79. The summed E-state index contributed by atoms with van der Waals surface area (Å²) in [6.45, 7) is 4.04. The summed E-state index contributed by atoms with van der Waals surface area (Å²) in [5.41, 5.74) is 3.65. The second kappa shape index (κ2) is 5.60. The predicted molar refractivity (Wildman–Crippen MR) is 80.9 cm³/mol. The van der Waals surface area contributed by atoms with E-state index in [0.29, 0.717) is 16.5 Å². The van der Waals surface area contributed by atoms with Crippen molar-refractivity contribution in [2.75, 3.05) is 5.32 Å². The van der Waals surface area contributed by atoms with Gasteiger partial charge in [0, 0.05) is 10.2 Å². The number of halogens is 2. The summed E-state index contributed by atoms with van der Waals surface area (Å²) in [6, 6.07) is 9.26. The maximum absolute atomic E-state index is 8.91. The molecule has 0 bridgehead atoms. The summed E-state index contributed by atoms with van der Waals surface area (Å²) in [6.07, 6.45) is 0. The van der Waals surface area contributed by atoms with Gasteiger partial charge in [0.15, 0.2) is 0 Å². The number of benzene rings is 1. The molecule has 1 aromatic heterocycles. The smallest absolute Gasteiger partial charge is 0.133 e. The van der Waals surface area contributed by atoms with E-state index in [9.17, 15) is 0 Å². The molecule has 0 radical (unpaired) electrons. The van der Waals surface area contributed by atoms with Gasteiger partial charge in [-0.05, 0) is 49.2 Å². The molecule has 0 aliphatic heterocycles. The number of pyridine rings is 1. The second-order valence-electron chi connectivity index (χ2n) is 4.22. The Morgan fingerprint density at radius 3 is 2.42 bits per heavy atom. The summed E-state index contributed by atoms with van der Waals surface area (Å²) in [7, 11) is 0. The molecule has 0 saturated heterocycles. The molecule has 0 aliphatic carbocycles. The number of nitrogens with zero attached hydrogens (tertiary/aromatic N) is 2. The number of rotatable bonds is 2. The number of aryl methyl sites for hydroxylation is 2. The van der Waals surface area contributed by atoms with Gasteiger partial charge in [0.1, 0.15) is 11.0 Å². The summed E-state index contributed by atoms with van der Waals surface area (Å²) < 4.78 is 1.09. The zero-order valence-electron chi connectivity index (χ0n) is 10.5. The van der Waals surface area contributed by atoms with E-state index in [2.05, 4.69) is 32.3 Å². The lowest BCUT2D eigenvalue weighted by atomic mass is 10.1. The van der Waals surface area contributed by atoms with Crippen LogP contribution in [0.15, 0.2) is 28.7 Å². The van der Waals surface area contributed by atoms with Gasteiger partial charge < -0.3 is 5.32 Å². The predicted octanol–water partition coefficient (Wildman–Crippen LogP) is 4.73. The molecule has 0 fully saturated rings. The van der Waals surface area contributed by atoms with E-state index in [1.54, 1.807) is 6.07 Å². The molecule has 0 amide bonds. The van der Waals surface area contributed by atoms with E-state index >= 15 is 0 Å². The van der Waals surface area contributed by atoms with E-state index in [1.807, 2.05) is 26.0 Å². The van der Waals surface area contributed by atoms with E-state index in [1.165, 1.54) is 6.07 Å². The van der Waals surface area contributed by atoms with Crippen molar-refractivity contribution in [3.8, 4) is 6.07 Å². The summed E-state index contributed by atoms with van der Waals surface area (Å²) in [5.74, 6) is 0.560. The minimum absolute atomic E-state index is 0.298. The molecular formula is C14H11BrClN3. The van der Waals surface area contributed by atoms with Crippen molar-refractivity contribution in [3.63, 3.8) is 0 Å². The van der Waals surface area contributed by atoms with E-state index < -0.39 is 0 Å². The number of hydrogen-bond acceptors (Lipinski definition) is 3.